The smallest absolute Gasteiger partial charge is 0.317 e. The average molecular weight is 429 g/mol. The lowest BCUT2D eigenvalue weighted by Crippen LogP contribution is -2.43. The van der Waals surface area contributed by atoms with Crippen molar-refractivity contribution in [2.24, 2.45) is 0 Å². The zero-order valence-electron chi connectivity index (χ0n) is 16.6. The number of amides is 2. The van der Waals surface area contributed by atoms with Crippen molar-refractivity contribution in [1.82, 2.24) is 14.8 Å². The van der Waals surface area contributed by atoms with Crippen LogP contribution in [0.5, 0.6) is 0 Å². The van der Waals surface area contributed by atoms with Crippen LogP contribution in [0.4, 0.5) is 24.5 Å². The largest absolute Gasteiger partial charge is 0.416 e. The Morgan fingerprint density at radius 3 is 2.55 bits per heavy atom. The number of nitrogens with zero attached hydrogens (tertiary/aromatic N) is 4. The first-order valence-corrected chi connectivity index (χ1v) is 9.46. The Bertz CT molecular complexity index is 1150. The Hall–Kier alpha value is -3.69. The van der Waals surface area contributed by atoms with Crippen molar-refractivity contribution in [1.29, 1.82) is 0 Å². The molecule has 3 heterocycles. The number of aromatic nitrogens is 3. The molecule has 3 aromatic rings. The second-order valence-corrected chi connectivity index (χ2v) is 7.28. The van der Waals surface area contributed by atoms with E-state index in [-0.39, 0.29) is 29.7 Å². The van der Waals surface area contributed by atoms with E-state index in [9.17, 15) is 22.8 Å². The van der Waals surface area contributed by atoms with Gasteiger partial charge in [0.1, 0.15) is 5.69 Å². The van der Waals surface area contributed by atoms with Gasteiger partial charge in [-0.05, 0) is 49.7 Å². The van der Waals surface area contributed by atoms with E-state index in [0.717, 1.165) is 12.1 Å². The highest BCUT2D eigenvalue weighted by atomic mass is 19.4. The molecule has 10 heteroatoms. The first-order valence-electron chi connectivity index (χ1n) is 9.46. The van der Waals surface area contributed by atoms with Gasteiger partial charge in [-0.2, -0.15) is 18.3 Å². The van der Waals surface area contributed by atoms with Crippen molar-refractivity contribution in [3.63, 3.8) is 0 Å². The zero-order chi connectivity index (χ0) is 22.3. The highest BCUT2D eigenvalue weighted by Gasteiger charge is 2.35. The van der Waals surface area contributed by atoms with Crippen molar-refractivity contribution in [3.8, 4) is 0 Å². The molecule has 1 aromatic carbocycles. The summed E-state index contributed by atoms with van der Waals surface area (Å²) in [6, 6.07) is 7.59. The minimum absolute atomic E-state index is 0.153. The number of nitrogens with one attached hydrogen (secondary N) is 1. The summed E-state index contributed by atoms with van der Waals surface area (Å²) in [5, 5.41) is 6.90. The molecule has 2 amide bonds. The topological polar surface area (TPSA) is 80.1 Å². The number of benzene rings is 1. The van der Waals surface area contributed by atoms with Crippen LogP contribution >= 0.6 is 0 Å². The van der Waals surface area contributed by atoms with E-state index >= 15 is 0 Å². The summed E-state index contributed by atoms with van der Waals surface area (Å²) in [5.74, 6) is -0.954. The Kier molecular flexibility index (Phi) is 5.00. The normalized spacial score (nSPS) is 16.2. The van der Waals surface area contributed by atoms with Crippen molar-refractivity contribution >= 4 is 23.2 Å². The number of anilines is 2. The van der Waals surface area contributed by atoms with Gasteiger partial charge >= 0.3 is 6.18 Å². The third-order valence-corrected chi connectivity index (χ3v) is 5.09. The Morgan fingerprint density at radius 1 is 1.19 bits per heavy atom. The summed E-state index contributed by atoms with van der Waals surface area (Å²) in [6.07, 6.45) is -1.58. The molecule has 0 spiro atoms. The maximum absolute atomic E-state index is 13.2. The van der Waals surface area contributed by atoms with E-state index in [1.54, 1.807) is 19.1 Å². The second kappa shape index (κ2) is 7.53. The van der Waals surface area contributed by atoms with E-state index in [1.807, 2.05) is 6.92 Å². The molecule has 1 atom stereocenters. The van der Waals surface area contributed by atoms with Crippen LogP contribution in [0.3, 0.4) is 0 Å². The molecule has 0 saturated heterocycles. The van der Waals surface area contributed by atoms with E-state index in [2.05, 4.69) is 15.4 Å². The van der Waals surface area contributed by atoms with Crippen LogP contribution < -0.4 is 10.2 Å². The standard InChI is InChI=1S/C21H18F3N5O2/c1-12-4-3-9-25-17(12)19(30)27-16-10-26-29-13(2)11-28(20(31)18(16)29)15-7-5-14(6-8-15)21(22,23)24/h3-10,13H,11H2,1-2H3,(H,27,30)/t13-/m0/s1. The summed E-state index contributed by atoms with van der Waals surface area (Å²) < 4.78 is 40.1. The van der Waals surface area contributed by atoms with Gasteiger partial charge in [0.05, 0.1) is 23.5 Å². The highest BCUT2D eigenvalue weighted by molar-refractivity contribution is 6.13. The fourth-order valence-electron chi connectivity index (χ4n) is 3.51. The molecule has 160 valence electrons. The summed E-state index contributed by atoms with van der Waals surface area (Å²) in [6.45, 7) is 3.80. The van der Waals surface area contributed by atoms with Gasteiger partial charge in [0, 0.05) is 18.4 Å². The van der Waals surface area contributed by atoms with Gasteiger partial charge in [0.15, 0.2) is 5.69 Å². The number of carbonyl (C=O) groups excluding carboxylic acids is 2. The lowest BCUT2D eigenvalue weighted by atomic mass is 10.1. The van der Waals surface area contributed by atoms with Gasteiger partial charge in [0.2, 0.25) is 0 Å². The van der Waals surface area contributed by atoms with Crippen LogP contribution in [-0.2, 0) is 6.18 Å². The van der Waals surface area contributed by atoms with Crippen molar-refractivity contribution in [3.05, 3.63) is 71.3 Å². The number of rotatable bonds is 3. The molecular weight excluding hydrogens is 411 g/mol. The number of carbonyl (C=O) groups is 2. The first-order chi connectivity index (χ1) is 14.7. The third kappa shape index (κ3) is 3.76. The Balaban J connectivity index is 1.64. The second-order valence-electron chi connectivity index (χ2n) is 7.28. The van der Waals surface area contributed by atoms with Crippen molar-refractivity contribution in [2.45, 2.75) is 26.1 Å². The maximum Gasteiger partial charge on any atom is 0.416 e. The number of fused-ring (bicyclic) bond motifs is 1. The van der Waals surface area contributed by atoms with Crippen LogP contribution in [0.25, 0.3) is 0 Å². The van der Waals surface area contributed by atoms with E-state index in [1.165, 1.54) is 34.1 Å². The number of halogens is 3. The Labute approximate surface area is 175 Å². The zero-order valence-corrected chi connectivity index (χ0v) is 16.6. The molecule has 0 aliphatic carbocycles. The minimum atomic E-state index is -4.46. The Morgan fingerprint density at radius 2 is 1.90 bits per heavy atom. The van der Waals surface area contributed by atoms with Gasteiger partial charge in [-0.3, -0.25) is 19.3 Å². The van der Waals surface area contributed by atoms with Gasteiger partial charge in [0.25, 0.3) is 11.8 Å². The molecular formula is C21H18F3N5O2. The molecule has 4 rings (SSSR count). The lowest BCUT2D eigenvalue weighted by molar-refractivity contribution is -0.137. The molecule has 31 heavy (non-hydrogen) atoms. The molecule has 0 saturated carbocycles. The van der Waals surface area contributed by atoms with Crippen LogP contribution in [0.2, 0.25) is 0 Å². The number of alkyl halides is 3. The van der Waals surface area contributed by atoms with Crippen LogP contribution in [-0.4, -0.2) is 33.1 Å². The molecule has 2 aromatic heterocycles. The number of hydrogen-bond donors (Lipinski definition) is 1. The number of pyridine rings is 1. The molecule has 7 nitrogen and oxygen atoms in total. The van der Waals surface area contributed by atoms with Gasteiger partial charge in [-0.25, -0.2) is 0 Å². The van der Waals surface area contributed by atoms with Gasteiger partial charge in [-0.1, -0.05) is 6.07 Å². The summed E-state index contributed by atoms with van der Waals surface area (Å²) in [4.78, 5) is 31.3. The predicted octanol–water partition coefficient (Wildman–Crippen LogP) is 4.08. The van der Waals surface area contributed by atoms with Crippen LogP contribution in [0.1, 0.15) is 45.1 Å². The monoisotopic (exact) mass is 429 g/mol. The number of aryl methyl sites for hydroxylation is 1. The molecule has 0 bridgehead atoms. The third-order valence-electron chi connectivity index (χ3n) is 5.09. The van der Waals surface area contributed by atoms with Crippen LogP contribution in [0.15, 0.2) is 48.8 Å². The summed E-state index contributed by atoms with van der Waals surface area (Å²) in [7, 11) is 0. The minimum Gasteiger partial charge on any atom is -0.317 e. The lowest BCUT2D eigenvalue weighted by Gasteiger charge is -2.32. The quantitative estimate of drug-likeness (QED) is 0.681. The van der Waals surface area contributed by atoms with Gasteiger partial charge in [-0.15, -0.1) is 0 Å². The summed E-state index contributed by atoms with van der Waals surface area (Å²) in [5.41, 5.74) is 0.794. The van der Waals surface area contributed by atoms with E-state index in [4.69, 9.17) is 0 Å². The fraction of sp³-hybridized carbons (Fsp3) is 0.238. The molecule has 0 unspecified atom stereocenters. The molecule has 0 fully saturated rings. The molecule has 1 aliphatic rings. The average Bonchev–Trinajstić information content (AvgIpc) is 3.15. The summed E-state index contributed by atoms with van der Waals surface area (Å²) >= 11 is 0. The van der Waals surface area contributed by atoms with Crippen molar-refractivity contribution in [2.75, 3.05) is 16.8 Å². The molecule has 1 N–H and O–H groups in total. The predicted molar refractivity (Wildman–Crippen MR) is 107 cm³/mol. The maximum atomic E-state index is 13.2. The highest BCUT2D eigenvalue weighted by Crippen LogP contribution is 2.33. The number of hydrogen-bond acceptors (Lipinski definition) is 4. The SMILES string of the molecule is Cc1cccnc1C(=O)Nc1cnn2c1C(=O)N(c1ccc(C(F)(F)F)cc1)C[C@@H]2C. The van der Waals surface area contributed by atoms with Crippen LogP contribution in [0, 0.1) is 6.92 Å². The molecule has 1 aliphatic heterocycles. The molecule has 0 radical (unpaired) electrons. The first kappa shape index (κ1) is 20.6. The fourth-order valence-corrected chi connectivity index (χ4v) is 3.51. The van der Waals surface area contributed by atoms with Crippen molar-refractivity contribution < 1.29 is 22.8 Å². The van der Waals surface area contributed by atoms with E-state index in [0.29, 0.717) is 11.3 Å². The van der Waals surface area contributed by atoms with E-state index < -0.39 is 23.6 Å². The van der Waals surface area contributed by atoms with Gasteiger partial charge < -0.3 is 10.2 Å².